The highest BCUT2D eigenvalue weighted by Gasteiger charge is 2.24. The van der Waals surface area contributed by atoms with Crippen LogP contribution in [0.5, 0.6) is 0 Å². The van der Waals surface area contributed by atoms with Crippen molar-refractivity contribution in [3.05, 3.63) is 23.3 Å². The van der Waals surface area contributed by atoms with E-state index in [-0.39, 0.29) is 0 Å². The lowest BCUT2D eigenvalue weighted by atomic mass is 9.81. The molecule has 1 heterocycles. The van der Waals surface area contributed by atoms with Crippen LogP contribution >= 0.6 is 0 Å². The van der Waals surface area contributed by atoms with Crippen molar-refractivity contribution < 1.29 is 4.74 Å². The standard InChI is InChI=1S/C16H26O/c1-3-15-12-17-11-10-16(15)9-8-14-6-4-13(2)5-7-14/h4,6,15-16H,3,5,7-12H2,1-2H3. The zero-order chi connectivity index (χ0) is 12.1. The second-order valence-corrected chi connectivity index (χ2v) is 5.67. The van der Waals surface area contributed by atoms with Gasteiger partial charge in [-0.05, 0) is 50.9 Å². The first-order chi connectivity index (χ1) is 8.29. The minimum Gasteiger partial charge on any atom is -0.381 e. The van der Waals surface area contributed by atoms with Crippen LogP contribution in [0.4, 0.5) is 0 Å². The van der Waals surface area contributed by atoms with Crippen molar-refractivity contribution in [3.63, 3.8) is 0 Å². The molecule has 1 aliphatic carbocycles. The van der Waals surface area contributed by atoms with E-state index in [2.05, 4.69) is 26.0 Å². The predicted molar refractivity (Wildman–Crippen MR) is 73.0 cm³/mol. The zero-order valence-corrected chi connectivity index (χ0v) is 11.4. The highest BCUT2D eigenvalue weighted by Crippen LogP contribution is 2.31. The lowest BCUT2D eigenvalue weighted by Crippen LogP contribution is -2.27. The molecule has 1 nitrogen and oxygen atoms in total. The van der Waals surface area contributed by atoms with E-state index in [4.69, 9.17) is 4.74 Å². The molecule has 2 rings (SSSR count). The van der Waals surface area contributed by atoms with Gasteiger partial charge in [-0.1, -0.05) is 36.6 Å². The van der Waals surface area contributed by atoms with Gasteiger partial charge in [-0.2, -0.15) is 0 Å². The first-order valence-electron chi connectivity index (χ1n) is 7.22. The summed E-state index contributed by atoms with van der Waals surface area (Å²) in [7, 11) is 0. The summed E-state index contributed by atoms with van der Waals surface area (Å²) in [5.74, 6) is 1.71. The molecule has 2 aliphatic rings. The van der Waals surface area contributed by atoms with E-state index in [1.165, 1.54) is 44.1 Å². The highest BCUT2D eigenvalue weighted by atomic mass is 16.5. The van der Waals surface area contributed by atoms with Crippen LogP contribution in [0.2, 0.25) is 0 Å². The Kier molecular flexibility index (Phi) is 4.85. The Morgan fingerprint density at radius 2 is 2.12 bits per heavy atom. The monoisotopic (exact) mass is 234 g/mol. The summed E-state index contributed by atoms with van der Waals surface area (Å²) < 4.78 is 5.58. The largest absolute Gasteiger partial charge is 0.381 e. The SMILES string of the molecule is CCC1COCCC1CCC1=CC=C(C)CC1. The molecule has 2 unspecified atom stereocenters. The molecule has 0 aromatic heterocycles. The van der Waals surface area contributed by atoms with Crippen LogP contribution in [0.1, 0.15) is 52.4 Å². The summed E-state index contributed by atoms with van der Waals surface area (Å²) in [5, 5.41) is 0. The second kappa shape index (κ2) is 6.39. The number of hydrogen-bond donors (Lipinski definition) is 0. The molecule has 0 radical (unpaired) electrons. The lowest BCUT2D eigenvalue weighted by Gasteiger charge is -2.31. The number of hydrogen-bond acceptors (Lipinski definition) is 1. The Bertz CT molecular complexity index is 301. The number of rotatable bonds is 4. The molecule has 0 amide bonds. The quantitative estimate of drug-likeness (QED) is 0.696. The molecule has 96 valence electrons. The van der Waals surface area contributed by atoms with Crippen molar-refractivity contribution >= 4 is 0 Å². The molecule has 0 aromatic rings. The van der Waals surface area contributed by atoms with Gasteiger partial charge in [0.25, 0.3) is 0 Å². The Morgan fingerprint density at radius 3 is 2.82 bits per heavy atom. The van der Waals surface area contributed by atoms with Crippen molar-refractivity contribution in [3.8, 4) is 0 Å². The predicted octanol–water partition coefficient (Wildman–Crippen LogP) is 4.50. The molecule has 1 fully saturated rings. The summed E-state index contributed by atoms with van der Waals surface area (Å²) in [5.41, 5.74) is 3.20. The van der Waals surface area contributed by atoms with Gasteiger partial charge in [0.2, 0.25) is 0 Å². The summed E-state index contributed by atoms with van der Waals surface area (Å²) in [6.07, 6.45) is 12.5. The van der Waals surface area contributed by atoms with Gasteiger partial charge in [-0.15, -0.1) is 0 Å². The van der Waals surface area contributed by atoms with E-state index in [1.54, 1.807) is 5.57 Å². The molecule has 1 saturated heterocycles. The Labute approximate surface area is 106 Å². The van der Waals surface area contributed by atoms with Crippen molar-refractivity contribution in [2.75, 3.05) is 13.2 Å². The molecule has 1 aliphatic heterocycles. The Balaban J connectivity index is 1.80. The average molecular weight is 234 g/mol. The molecule has 0 N–H and O–H groups in total. The fourth-order valence-corrected chi connectivity index (χ4v) is 3.04. The summed E-state index contributed by atoms with van der Waals surface area (Å²) in [6.45, 7) is 6.52. The smallest absolute Gasteiger partial charge is 0.0496 e. The van der Waals surface area contributed by atoms with Gasteiger partial charge in [0, 0.05) is 13.2 Å². The lowest BCUT2D eigenvalue weighted by molar-refractivity contribution is 0.0126. The third-order valence-electron chi connectivity index (χ3n) is 4.44. The van der Waals surface area contributed by atoms with Crippen LogP contribution in [0.25, 0.3) is 0 Å². The zero-order valence-electron chi connectivity index (χ0n) is 11.4. The third-order valence-corrected chi connectivity index (χ3v) is 4.44. The molecule has 0 bridgehead atoms. The maximum absolute atomic E-state index is 5.58. The minimum absolute atomic E-state index is 0.810. The van der Waals surface area contributed by atoms with Gasteiger partial charge in [0.1, 0.15) is 0 Å². The first kappa shape index (κ1) is 12.9. The third kappa shape index (κ3) is 3.70. The van der Waals surface area contributed by atoms with E-state index in [0.29, 0.717) is 0 Å². The molecule has 1 heteroatoms. The average Bonchev–Trinajstić information content (AvgIpc) is 2.38. The fraction of sp³-hybridized carbons (Fsp3) is 0.750. The van der Waals surface area contributed by atoms with Gasteiger partial charge in [0.15, 0.2) is 0 Å². The van der Waals surface area contributed by atoms with Crippen LogP contribution in [-0.4, -0.2) is 13.2 Å². The Hall–Kier alpha value is -0.560. The van der Waals surface area contributed by atoms with Gasteiger partial charge in [-0.3, -0.25) is 0 Å². The molecule has 0 spiro atoms. The number of ether oxygens (including phenoxy) is 1. The van der Waals surface area contributed by atoms with Crippen molar-refractivity contribution in [2.45, 2.75) is 52.4 Å². The summed E-state index contributed by atoms with van der Waals surface area (Å²) in [4.78, 5) is 0. The van der Waals surface area contributed by atoms with E-state index in [9.17, 15) is 0 Å². The van der Waals surface area contributed by atoms with Gasteiger partial charge >= 0.3 is 0 Å². The van der Waals surface area contributed by atoms with Gasteiger partial charge in [-0.25, -0.2) is 0 Å². The molecule has 0 aromatic carbocycles. The summed E-state index contributed by atoms with van der Waals surface area (Å²) in [6, 6.07) is 0. The van der Waals surface area contributed by atoms with Crippen LogP contribution < -0.4 is 0 Å². The van der Waals surface area contributed by atoms with E-state index >= 15 is 0 Å². The topological polar surface area (TPSA) is 9.23 Å². The van der Waals surface area contributed by atoms with Crippen LogP contribution in [-0.2, 0) is 4.74 Å². The van der Waals surface area contributed by atoms with Crippen molar-refractivity contribution in [1.29, 1.82) is 0 Å². The van der Waals surface area contributed by atoms with Gasteiger partial charge in [0.05, 0.1) is 0 Å². The molecule has 17 heavy (non-hydrogen) atoms. The van der Waals surface area contributed by atoms with E-state index in [0.717, 1.165) is 25.0 Å². The molecule has 2 atom stereocenters. The summed E-state index contributed by atoms with van der Waals surface area (Å²) >= 11 is 0. The highest BCUT2D eigenvalue weighted by molar-refractivity contribution is 5.22. The van der Waals surface area contributed by atoms with Gasteiger partial charge < -0.3 is 4.74 Å². The maximum atomic E-state index is 5.58. The van der Waals surface area contributed by atoms with E-state index < -0.39 is 0 Å². The normalized spacial score (nSPS) is 29.8. The maximum Gasteiger partial charge on any atom is 0.0496 e. The van der Waals surface area contributed by atoms with E-state index in [1.807, 2.05) is 0 Å². The van der Waals surface area contributed by atoms with Crippen molar-refractivity contribution in [1.82, 2.24) is 0 Å². The second-order valence-electron chi connectivity index (χ2n) is 5.67. The van der Waals surface area contributed by atoms with Crippen LogP contribution in [0, 0.1) is 11.8 Å². The van der Waals surface area contributed by atoms with Crippen LogP contribution in [0.3, 0.4) is 0 Å². The Morgan fingerprint density at radius 1 is 1.24 bits per heavy atom. The number of allylic oxidation sites excluding steroid dienone is 4. The first-order valence-corrected chi connectivity index (χ1v) is 7.22. The fourth-order valence-electron chi connectivity index (χ4n) is 3.04. The minimum atomic E-state index is 0.810. The van der Waals surface area contributed by atoms with Crippen molar-refractivity contribution in [2.24, 2.45) is 11.8 Å². The molecular formula is C16H26O. The molecule has 0 saturated carbocycles. The molecular weight excluding hydrogens is 208 g/mol. The van der Waals surface area contributed by atoms with Crippen LogP contribution in [0.15, 0.2) is 23.3 Å².